The smallest absolute Gasteiger partial charge is 0.250 e. The van der Waals surface area contributed by atoms with Crippen molar-refractivity contribution in [2.45, 2.75) is 0 Å². The third-order valence-electron chi connectivity index (χ3n) is 3.59. The van der Waals surface area contributed by atoms with E-state index in [9.17, 15) is 9.59 Å². The van der Waals surface area contributed by atoms with Crippen molar-refractivity contribution in [3.05, 3.63) is 44.7 Å². The molecule has 3 rings (SSSR count). The van der Waals surface area contributed by atoms with Crippen LogP contribution >= 0.6 is 0 Å². The van der Waals surface area contributed by atoms with Crippen LogP contribution in [0.4, 0.5) is 5.69 Å². The van der Waals surface area contributed by atoms with Gasteiger partial charge in [-0.15, -0.1) is 0 Å². The first-order valence-electron chi connectivity index (χ1n) is 6.53. The number of hydrogen-bond donors (Lipinski definition) is 0. The van der Waals surface area contributed by atoms with Crippen LogP contribution in [0, 0.1) is 0 Å². The van der Waals surface area contributed by atoms with Crippen LogP contribution in [0.5, 0.6) is 5.75 Å². The molecule has 1 fully saturated rings. The Balaban J connectivity index is 1.99. The third kappa shape index (κ3) is 2.00. The molecule has 0 atom stereocenters. The summed E-state index contributed by atoms with van der Waals surface area (Å²) in [7, 11) is 1.59. The molecule has 0 amide bonds. The molecule has 104 valence electrons. The largest absolute Gasteiger partial charge is 0.497 e. The van der Waals surface area contributed by atoms with Crippen molar-refractivity contribution in [1.82, 2.24) is 0 Å². The van der Waals surface area contributed by atoms with Crippen LogP contribution in [0.15, 0.2) is 33.9 Å². The summed E-state index contributed by atoms with van der Waals surface area (Å²) in [6, 6.07) is 7.18. The van der Waals surface area contributed by atoms with E-state index >= 15 is 0 Å². The van der Waals surface area contributed by atoms with E-state index in [0.29, 0.717) is 37.6 Å². The first-order chi connectivity index (χ1) is 9.72. The fraction of sp³-hybridized carbons (Fsp3) is 0.333. The third-order valence-corrected chi connectivity index (χ3v) is 3.59. The van der Waals surface area contributed by atoms with Gasteiger partial charge in [0.15, 0.2) is 0 Å². The van der Waals surface area contributed by atoms with E-state index in [0.717, 1.165) is 11.3 Å². The molecule has 0 bridgehead atoms. The van der Waals surface area contributed by atoms with Crippen molar-refractivity contribution in [3.8, 4) is 16.9 Å². The molecule has 1 aliphatic rings. The zero-order valence-electron chi connectivity index (χ0n) is 11.2. The summed E-state index contributed by atoms with van der Waals surface area (Å²) in [5.74, 6) is 0.723. The highest BCUT2D eigenvalue weighted by atomic mass is 16.5. The normalized spacial score (nSPS) is 15.6. The second-order valence-electron chi connectivity index (χ2n) is 4.71. The van der Waals surface area contributed by atoms with Gasteiger partial charge in [-0.1, -0.05) is 12.1 Å². The van der Waals surface area contributed by atoms with Crippen molar-refractivity contribution < 1.29 is 9.47 Å². The molecule has 20 heavy (non-hydrogen) atoms. The molecule has 0 aromatic heterocycles. The Hall–Kier alpha value is -2.14. The summed E-state index contributed by atoms with van der Waals surface area (Å²) < 4.78 is 10.4. The first kappa shape index (κ1) is 12.9. The van der Waals surface area contributed by atoms with E-state index in [-0.39, 0.29) is 0 Å². The fourth-order valence-corrected chi connectivity index (χ4v) is 2.49. The zero-order valence-corrected chi connectivity index (χ0v) is 11.2. The zero-order chi connectivity index (χ0) is 14.1. The SMILES string of the molecule is COc1ccc(-c2c(N3CCOCC3)c(=O)c2=O)cc1. The maximum atomic E-state index is 11.9. The number of rotatable bonds is 3. The van der Waals surface area contributed by atoms with Gasteiger partial charge in [-0.05, 0) is 17.7 Å². The van der Waals surface area contributed by atoms with Gasteiger partial charge in [0.2, 0.25) is 10.9 Å². The molecule has 0 N–H and O–H groups in total. The van der Waals surface area contributed by atoms with E-state index in [1.54, 1.807) is 31.4 Å². The Morgan fingerprint density at radius 1 is 1.05 bits per heavy atom. The van der Waals surface area contributed by atoms with Crippen LogP contribution in [0.3, 0.4) is 0 Å². The molecule has 5 nitrogen and oxygen atoms in total. The van der Waals surface area contributed by atoms with Gasteiger partial charge < -0.3 is 14.4 Å². The summed E-state index contributed by atoms with van der Waals surface area (Å²) in [4.78, 5) is 25.7. The number of benzene rings is 1. The minimum atomic E-state index is -0.406. The molecule has 0 radical (unpaired) electrons. The van der Waals surface area contributed by atoms with Crippen LogP contribution in [0.1, 0.15) is 0 Å². The Kier molecular flexibility index (Phi) is 3.28. The summed E-state index contributed by atoms with van der Waals surface area (Å²) in [6.45, 7) is 2.46. The average molecular weight is 273 g/mol. The van der Waals surface area contributed by atoms with Gasteiger partial charge in [0.25, 0.3) is 0 Å². The van der Waals surface area contributed by atoms with Gasteiger partial charge in [-0.2, -0.15) is 0 Å². The van der Waals surface area contributed by atoms with E-state index in [1.165, 1.54) is 0 Å². The lowest BCUT2D eigenvalue weighted by Gasteiger charge is -2.30. The van der Waals surface area contributed by atoms with Gasteiger partial charge in [0.1, 0.15) is 11.4 Å². The second kappa shape index (κ2) is 5.09. The maximum Gasteiger partial charge on any atom is 0.250 e. The monoisotopic (exact) mass is 273 g/mol. The fourth-order valence-electron chi connectivity index (χ4n) is 2.49. The quantitative estimate of drug-likeness (QED) is 0.774. The maximum absolute atomic E-state index is 11.9. The molecule has 0 spiro atoms. The Morgan fingerprint density at radius 2 is 1.70 bits per heavy atom. The topological polar surface area (TPSA) is 55.8 Å². The van der Waals surface area contributed by atoms with Crippen LogP contribution in [0.2, 0.25) is 0 Å². The standard InChI is InChI=1S/C15H15NO4/c1-19-11-4-2-10(3-5-11)12-13(15(18)14(12)17)16-6-8-20-9-7-16/h2-5H,6-9H2,1H3. The number of hydrogen-bond acceptors (Lipinski definition) is 5. The predicted octanol–water partition coefficient (Wildman–Crippen LogP) is 0.795. The Labute approximate surface area is 116 Å². The Bertz CT molecular complexity index is 677. The lowest BCUT2D eigenvalue weighted by molar-refractivity contribution is 0.122. The molecular weight excluding hydrogens is 258 g/mol. The number of nitrogens with zero attached hydrogens (tertiary/aromatic N) is 1. The van der Waals surface area contributed by atoms with Crippen LogP contribution < -0.4 is 20.5 Å². The lowest BCUT2D eigenvalue weighted by Crippen LogP contribution is -2.46. The molecule has 1 heterocycles. The number of anilines is 1. The van der Waals surface area contributed by atoms with Gasteiger partial charge in [-0.3, -0.25) is 9.59 Å². The number of ether oxygens (including phenoxy) is 2. The highest BCUT2D eigenvalue weighted by Crippen LogP contribution is 2.28. The van der Waals surface area contributed by atoms with E-state index < -0.39 is 10.9 Å². The van der Waals surface area contributed by atoms with Crippen molar-refractivity contribution >= 4 is 5.69 Å². The summed E-state index contributed by atoms with van der Waals surface area (Å²) >= 11 is 0. The molecule has 1 aliphatic heterocycles. The minimum absolute atomic E-state index is 0.391. The summed E-state index contributed by atoms with van der Waals surface area (Å²) in [5, 5.41) is 0. The molecular formula is C15H15NO4. The van der Waals surface area contributed by atoms with Crippen LogP contribution in [0.25, 0.3) is 11.1 Å². The minimum Gasteiger partial charge on any atom is -0.497 e. The van der Waals surface area contributed by atoms with Crippen molar-refractivity contribution in [2.24, 2.45) is 0 Å². The van der Waals surface area contributed by atoms with Crippen molar-refractivity contribution in [2.75, 3.05) is 38.3 Å². The molecule has 1 saturated heterocycles. The van der Waals surface area contributed by atoms with Crippen molar-refractivity contribution in [3.63, 3.8) is 0 Å². The average Bonchev–Trinajstić information content (AvgIpc) is 2.52. The predicted molar refractivity (Wildman–Crippen MR) is 76.4 cm³/mol. The van der Waals surface area contributed by atoms with E-state index in [1.807, 2.05) is 4.90 Å². The van der Waals surface area contributed by atoms with Gasteiger partial charge in [-0.25, -0.2) is 0 Å². The van der Waals surface area contributed by atoms with E-state index in [2.05, 4.69) is 0 Å². The molecule has 2 aromatic rings. The lowest BCUT2D eigenvalue weighted by atomic mass is 9.97. The Morgan fingerprint density at radius 3 is 2.30 bits per heavy atom. The molecule has 2 aromatic carbocycles. The molecule has 0 unspecified atom stereocenters. The molecule has 0 aliphatic carbocycles. The molecule has 5 heteroatoms. The molecule has 0 saturated carbocycles. The highest BCUT2D eigenvalue weighted by Gasteiger charge is 2.27. The van der Waals surface area contributed by atoms with Crippen molar-refractivity contribution in [1.29, 1.82) is 0 Å². The van der Waals surface area contributed by atoms with E-state index in [4.69, 9.17) is 9.47 Å². The van der Waals surface area contributed by atoms with Gasteiger partial charge in [0.05, 0.1) is 25.9 Å². The summed E-state index contributed by atoms with van der Waals surface area (Å²) in [6.07, 6.45) is 0. The first-order valence-corrected chi connectivity index (χ1v) is 6.53. The van der Waals surface area contributed by atoms with Crippen LogP contribution in [-0.2, 0) is 4.74 Å². The number of morpholine rings is 1. The van der Waals surface area contributed by atoms with Crippen LogP contribution in [-0.4, -0.2) is 33.4 Å². The summed E-state index contributed by atoms with van der Waals surface area (Å²) in [5.41, 5.74) is 1.01. The number of methoxy groups -OCH3 is 1. The van der Waals surface area contributed by atoms with Gasteiger partial charge >= 0.3 is 0 Å². The van der Waals surface area contributed by atoms with Gasteiger partial charge in [0, 0.05) is 13.1 Å². The highest BCUT2D eigenvalue weighted by molar-refractivity contribution is 5.82. The second-order valence-corrected chi connectivity index (χ2v) is 4.71.